The highest BCUT2D eigenvalue weighted by Gasteiger charge is 2.37. The van der Waals surface area contributed by atoms with Crippen LogP contribution in [0.15, 0.2) is 72.9 Å². The number of allylic oxidation sites excluding steroid dienone is 2. The number of benzene rings is 2. The maximum absolute atomic E-state index is 13.5. The first-order valence-electron chi connectivity index (χ1n) is 9.64. The van der Waals surface area contributed by atoms with Gasteiger partial charge in [0.15, 0.2) is 5.78 Å². The molecule has 0 N–H and O–H groups in total. The molecule has 0 saturated heterocycles. The number of rotatable bonds is 5. The number of ether oxygens (including phenoxy) is 1. The van der Waals surface area contributed by atoms with Crippen molar-refractivity contribution < 1.29 is 13.9 Å². The Kier molecular flexibility index (Phi) is 5.26. The molecule has 2 aromatic carbocycles. The SMILES string of the molecule is COc1ncccc1C1CC(c2ccc(F)cc2)=CC1C(=O)c1ccccc1C. The van der Waals surface area contributed by atoms with E-state index < -0.39 is 0 Å². The van der Waals surface area contributed by atoms with Gasteiger partial charge in [0.1, 0.15) is 5.82 Å². The summed E-state index contributed by atoms with van der Waals surface area (Å²) in [4.78, 5) is 17.8. The second-order valence-electron chi connectivity index (χ2n) is 7.32. The summed E-state index contributed by atoms with van der Waals surface area (Å²) in [5.74, 6) is -0.0876. The highest BCUT2D eigenvalue weighted by Crippen LogP contribution is 2.46. The zero-order valence-corrected chi connectivity index (χ0v) is 16.4. The average molecular weight is 387 g/mol. The summed E-state index contributed by atoms with van der Waals surface area (Å²) in [5, 5.41) is 0. The molecular weight excluding hydrogens is 365 g/mol. The van der Waals surface area contributed by atoms with Crippen molar-refractivity contribution >= 4 is 11.4 Å². The molecule has 3 nitrogen and oxygen atoms in total. The standard InChI is InChI=1S/C25H22FNO2/c1-16-6-3-4-7-20(16)24(28)23-15-18(17-9-11-19(26)12-10-17)14-22(23)21-8-5-13-27-25(21)29-2/h3-13,15,22-23H,14H2,1-2H3. The minimum absolute atomic E-state index is 0.0797. The Labute approximate surface area is 169 Å². The smallest absolute Gasteiger partial charge is 0.216 e. The van der Waals surface area contributed by atoms with Gasteiger partial charge in [-0.25, -0.2) is 9.37 Å². The molecule has 1 aromatic heterocycles. The number of ketones is 1. The maximum Gasteiger partial charge on any atom is 0.216 e. The summed E-state index contributed by atoms with van der Waals surface area (Å²) in [6, 6.07) is 17.9. The van der Waals surface area contributed by atoms with Gasteiger partial charge in [0.25, 0.3) is 0 Å². The Morgan fingerprint density at radius 3 is 2.55 bits per heavy atom. The van der Waals surface area contributed by atoms with Crippen molar-refractivity contribution in [3.05, 3.63) is 101 Å². The number of aryl methyl sites for hydroxylation is 1. The number of aromatic nitrogens is 1. The van der Waals surface area contributed by atoms with Gasteiger partial charge in [-0.3, -0.25) is 4.79 Å². The third-order valence-electron chi connectivity index (χ3n) is 5.58. The molecule has 0 bridgehead atoms. The molecule has 1 aliphatic rings. The van der Waals surface area contributed by atoms with E-state index in [0.29, 0.717) is 12.3 Å². The molecule has 29 heavy (non-hydrogen) atoms. The molecule has 0 radical (unpaired) electrons. The summed E-state index contributed by atoms with van der Waals surface area (Å²) in [6.45, 7) is 1.95. The van der Waals surface area contributed by atoms with Gasteiger partial charge in [0.05, 0.1) is 7.11 Å². The lowest BCUT2D eigenvalue weighted by atomic mass is 9.82. The van der Waals surface area contributed by atoms with E-state index >= 15 is 0 Å². The van der Waals surface area contributed by atoms with Crippen LogP contribution in [0.1, 0.15) is 39.4 Å². The molecule has 0 spiro atoms. The van der Waals surface area contributed by atoms with Crippen LogP contribution >= 0.6 is 0 Å². The minimum atomic E-state index is -0.339. The highest BCUT2D eigenvalue weighted by atomic mass is 19.1. The van der Waals surface area contributed by atoms with Gasteiger partial charge in [-0.15, -0.1) is 0 Å². The monoisotopic (exact) mass is 387 g/mol. The first-order chi connectivity index (χ1) is 14.1. The Balaban J connectivity index is 1.78. The van der Waals surface area contributed by atoms with Gasteiger partial charge in [-0.05, 0) is 48.2 Å². The number of hydrogen-bond donors (Lipinski definition) is 0. The number of halogens is 1. The number of pyridine rings is 1. The molecule has 2 unspecified atom stereocenters. The van der Waals surface area contributed by atoms with E-state index in [1.54, 1.807) is 25.4 Å². The van der Waals surface area contributed by atoms with Gasteiger partial charge in [0.2, 0.25) is 5.88 Å². The van der Waals surface area contributed by atoms with Crippen molar-refractivity contribution in [1.82, 2.24) is 4.98 Å². The molecule has 0 saturated carbocycles. The number of hydrogen-bond acceptors (Lipinski definition) is 3. The lowest BCUT2D eigenvalue weighted by Gasteiger charge is -2.21. The zero-order valence-electron chi connectivity index (χ0n) is 16.4. The fourth-order valence-corrected chi connectivity index (χ4v) is 4.09. The van der Waals surface area contributed by atoms with Crippen LogP contribution in [0.3, 0.4) is 0 Å². The third-order valence-corrected chi connectivity index (χ3v) is 5.58. The predicted molar refractivity (Wildman–Crippen MR) is 112 cm³/mol. The van der Waals surface area contributed by atoms with E-state index in [2.05, 4.69) is 4.98 Å². The summed E-state index contributed by atoms with van der Waals surface area (Å²) in [7, 11) is 1.59. The second kappa shape index (κ2) is 8.00. The van der Waals surface area contributed by atoms with E-state index in [-0.39, 0.29) is 23.4 Å². The van der Waals surface area contributed by atoms with Gasteiger partial charge in [-0.2, -0.15) is 0 Å². The van der Waals surface area contributed by atoms with Crippen LogP contribution in [-0.2, 0) is 0 Å². The van der Waals surface area contributed by atoms with Crippen molar-refractivity contribution in [3.63, 3.8) is 0 Å². The van der Waals surface area contributed by atoms with Crippen LogP contribution in [0.25, 0.3) is 5.57 Å². The number of carbonyl (C=O) groups is 1. The topological polar surface area (TPSA) is 39.2 Å². The Morgan fingerprint density at radius 2 is 1.83 bits per heavy atom. The minimum Gasteiger partial charge on any atom is -0.481 e. The molecular formula is C25H22FNO2. The van der Waals surface area contributed by atoms with Crippen molar-refractivity contribution in [1.29, 1.82) is 0 Å². The molecule has 3 aromatic rings. The molecule has 0 aliphatic heterocycles. The van der Waals surface area contributed by atoms with E-state index in [1.807, 2.05) is 49.4 Å². The van der Waals surface area contributed by atoms with E-state index in [9.17, 15) is 9.18 Å². The Hall–Kier alpha value is -3.27. The van der Waals surface area contributed by atoms with Crippen LogP contribution in [0.5, 0.6) is 5.88 Å². The lowest BCUT2D eigenvalue weighted by Crippen LogP contribution is -2.19. The van der Waals surface area contributed by atoms with Gasteiger partial charge in [-0.1, -0.05) is 48.5 Å². The van der Waals surface area contributed by atoms with Crippen LogP contribution in [0, 0.1) is 18.7 Å². The number of Topliss-reactive ketones (excluding diaryl/α,β-unsaturated/α-hetero) is 1. The molecule has 0 amide bonds. The third kappa shape index (κ3) is 3.70. The molecule has 1 heterocycles. The summed E-state index contributed by atoms with van der Waals surface area (Å²) < 4.78 is 18.9. The van der Waals surface area contributed by atoms with Gasteiger partial charge >= 0.3 is 0 Å². The van der Waals surface area contributed by atoms with Crippen LogP contribution in [0.4, 0.5) is 4.39 Å². The fraction of sp³-hybridized carbons (Fsp3) is 0.200. The van der Waals surface area contributed by atoms with Crippen molar-refractivity contribution in [2.45, 2.75) is 19.3 Å². The fourth-order valence-electron chi connectivity index (χ4n) is 4.09. The molecule has 4 heteroatoms. The molecule has 146 valence electrons. The van der Waals surface area contributed by atoms with Crippen LogP contribution in [-0.4, -0.2) is 17.9 Å². The van der Waals surface area contributed by atoms with E-state index in [1.165, 1.54) is 12.1 Å². The number of nitrogens with zero attached hydrogens (tertiary/aromatic N) is 1. The summed E-state index contributed by atoms with van der Waals surface area (Å²) in [5.41, 5.74) is 4.56. The summed E-state index contributed by atoms with van der Waals surface area (Å²) in [6.07, 6.45) is 4.37. The Morgan fingerprint density at radius 1 is 1.07 bits per heavy atom. The first kappa shape index (κ1) is 19.1. The second-order valence-corrected chi connectivity index (χ2v) is 7.32. The van der Waals surface area contributed by atoms with Crippen LogP contribution in [0.2, 0.25) is 0 Å². The van der Waals surface area contributed by atoms with Crippen molar-refractivity contribution in [2.24, 2.45) is 5.92 Å². The van der Waals surface area contributed by atoms with E-state index in [0.717, 1.165) is 27.8 Å². The predicted octanol–water partition coefficient (Wildman–Crippen LogP) is 5.61. The largest absolute Gasteiger partial charge is 0.481 e. The number of methoxy groups -OCH3 is 1. The molecule has 2 atom stereocenters. The van der Waals surface area contributed by atoms with Crippen LogP contribution < -0.4 is 4.74 Å². The summed E-state index contributed by atoms with van der Waals surface area (Å²) >= 11 is 0. The molecule has 4 rings (SSSR count). The highest BCUT2D eigenvalue weighted by molar-refractivity contribution is 6.02. The maximum atomic E-state index is 13.5. The van der Waals surface area contributed by atoms with Crippen molar-refractivity contribution in [3.8, 4) is 5.88 Å². The molecule has 0 fully saturated rings. The lowest BCUT2D eigenvalue weighted by molar-refractivity contribution is 0.0933. The first-order valence-corrected chi connectivity index (χ1v) is 9.64. The van der Waals surface area contributed by atoms with Crippen molar-refractivity contribution in [2.75, 3.05) is 7.11 Å². The van der Waals surface area contributed by atoms with Gasteiger partial charge < -0.3 is 4.74 Å². The quantitative estimate of drug-likeness (QED) is 0.534. The number of carbonyl (C=O) groups excluding carboxylic acids is 1. The average Bonchev–Trinajstić information content (AvgIpc) is 3.19. The zero-order chi connectivity index (χ0) is 20.4. The molecule has 1 aliphatic carbocycles. The Bertz CT molecular complexity index is 1070. The van der Waals surface area contributed by atoms with Gasteiger partial charge in [0, 0.05) is 29.2 Å². The normalized spacial score (nSPS) is 18.4. The van der Waals surface area contributed by atoms with E-state index in [4.69, 9.17) is 4.74 Å².